The maximum absolute atomic E-state index is 12.8. The van der Waals surface area contributed by atoms with Crippen LogP contribution in [0.5, 0.6) is 0 Å². The molecule has 0 atom stereocenters. The van der Waals surface area contributed by atoms with E-state index in [1.165, 1.54) is 27.7 Å². The zero-order chi connectivity index (χ0) is 24.7. The Morgan fingerprint density at radius 2 is 1.69 bits per heavy atom. The second-order valence-corrected chi connectivity index (χ2v) is 10.4. The number of piperidine rings is 1. The van der Waals surface area contributed by atoms with Gasteiger partial charge in [-0.1, -0.05) is 42.5 Å². The normalized spacial score (nSPS) is 18.0. The van der Waals surface area contributed by atoms with Crippen molar-refractivity contribution in [3.63, 3.8) is 0 Å². The van der Waals surface area contributed by atoms with Gasteiger partial charge in [0.05, 0.1) is 13.2 Å². The number of hydrogen-bond acceptors (Lipinski definition) is 4. The van der Waals surface area contributed by atoms with Gasteiger partial charge in [-0.3, -0.25) is 14.6 Å². The molecule has 0 radical (unpaired) electrons. The maximum atomic E-state index is 12.8. The number of nitrogens with one attached hydrogen (secondary N) is 1. The van der Waals surface area contributed by atoms with E-state index < -0.39 is 0 Å². The van der Waals surface area contributed by atoms with Gasteiger partial charge in [-0.05, 0) is 74.5 Å². The van der Waals surface area contributed by atoms with Gasteiger partial charge in [0.2, 0.25) is 5.91 Å². The molecule has 192 valence electrons. The van der Waals surface area contributed by atoms with Crippen molar-refractivity contribution in [3.8, 4) is 0 Å². The Labute approximate surface area is 215 Å². The Morgan fingerprint density at radius 3 is 2.50 bits per heavy atom. The molecule has 6 nitrogen and oxygen atoms in total. The second-order valence-electron chi connectivity index (χ2n) is 10.4. The van der Waals surface area contributed by atoms with E-state index in [1.54, 1.807) is 0 Å². The quantitative estimate of drug-likeness (QED) is 0.462. The van der Waals surface area contributed by atoms with E-state index in [0.29, 0.717) is 0 Å². The molecule has 0 spiro atoms. The molecule has 0 unspecified atom stereocenters. The Hall–Kier alpha value is -2.67. The van der Waals surface area contributed by atoms with Crippen molar-refractivity contribution < 1.29 is 9.53 Å². The molecule has 3 heterocycles. The van der Waals surface area contributed by atoms with Crippen LogP contribution in [0, 0.1) is 12.8 Å². The van der Waals surface area contributed by atoms with Crippen LogP contribution in [0.4, 0.5) is 0 Å². The molecule has 1 amide bonds. The highest BCUT2D eigenvalue weighted by Gasteiger charge is 2.25. The highest BCUT2D eigenvalue weighted by atomic mass is 16.5. The molecule has 2 aromatic carbocycles. The minimum absolute atomic E-state index is 0.141. The van der Waals surface area contributed by atoms with Crippen LogP contribution in [-0.2, 0) is 22.6 Å². The van der Waals surface area contributed by atoms with E-state index in [-0.39, 0.29) is 11.8 Å². The lowest BCUT2D eigenvalue weighted by molar-refractivity contribution is -0.126. The maximum Gasteiger partial charge on any atom is 0.223 e. The minimum atomic E-state index is 0.141. The number of aryl methyl sites for hydroxylation is 1. The van der Waals surface area contributed by atoms with Crippen molar-refractivity contribution in [2.45, 2.75) is 39.3 Å². The molecule has 36 heavy (non-hydrogen) atoms. The molecule has 2 fully saturated rings. The summed E-state index contributed by atoms with van der Waals surface area (Å²) in [6, 6.07) is 19.7. The predicted molar refractivity (Wildman–Crippen MR) is 145 cm³/mol. The molecule has 1 aromatic heterocycles. The number of carbonyl (C=O) groups excluding carboxylic acids is 1. The van der Waals surface area contributed by atoms with Gasteiger partial charge in [-0.2, -0.15) is 0 Å². The van der Waals surface area contributed by atoms with Crippen LogP contribution < -0.4 is 5.32 Å². The van der Waals surface area contributed by atoms with Crippen LogP contribution in [0.25, 0.3) is 10.9 Å². The number of morpholine rings is 1. The third-order valence-corrected chi connectivity index (χ3v) is 7.88. The minimum Gasteiger partial charge on any atom is -0.379 e. The SMILES string of the molecule is Cc1ccccc1Cn1c(CN2CCC(C(=O)NCCCN3CCOCC3)CC2)cc2ccccc21. The summed E-state index contributed by atoms with van der Waals surface area (Å²) in [5.74, 6) is 0.382. The lowest BCUT2D eigenvalue weighted by Crippen LogP contribution is -2.41. The van der Waals surface area contributed by atoms with Crippen LogP contribution in [-0.4, -0.2) is 72.8 Å². The number of fused-ring (bicyclic) bond motifs is 1. The molecule has 0 aliphatic carbocycles. The molecule has 5 rings (SSSR count). The number of nitrogens with zero attached hydrogens (tertiary/aromatic N) is 3. The third kappa shape index (κ3) is 6.17. The first kappa shape index (κ1) is 25.0. The zero-order valence-corrected chi connectivity index (χ0v) is 21.6. The van der Waals surface area contributed by atoms with Crippen molar-refractivity contribution in [1.29, 1.82) is 0 Å². The van der Waals surface area contributed by atoms with E-state index in [0.717, 1.165) is 84.8 Å². The molecule has 2 saturated heterocycles. The Bertz CT molecular complexity index is 1140. The van der Waals surface area contributed by atoms with E-state index >= 15 is 0 Å². The van der Waals surface area contributed by atoms with E-state index in [4.69, 9.17) is 4.74 Å². The summed E-state index contributed by atoms with van der Waals surface area (Å²) in [6.07, 6.45) is 2.89. The largest absolute Gasteiger partial charge is 0.379 e. The summed E-state index contributed by atoms with van der Waals surface area (Å²) in [5.41, 5.74) is 5.34. The molecule has 0 bridgehead atoms. The summed E-state index contributed by atoms with van der Waals surface area (Å²) in [7, 11) is 0. The van der Waals surface area contributed by atoms with Crippen LogP contribution in [0.1, 0.15) is 36.1 Å². The Balaban J connectivity index is 1.14. The molecule has 2 aliphatic heterocycles. The van der Waals surface area contributed by atoms with Crippen molar-refractivity contribution in [3.05, 3.63) is 71.4 Å². The monoisotopic (exact) mass is 488 g/mol. The van der Waals surface area contributed by atoms with Crippen molar-refractivity contribution in [1.82, 2.24) is 19.7 Å². The van der Waals surface area contributed by atoms with Crippen LogP contribution in [0.3, 0.4) is 0 Å². The zero-order valence-electron chi connectivity index (χ0n) is 21.6. The van der Waals surface area contributed by atoms with Crippen molar-refractivity contribution in [2.24, 2.45) is 5.92 Å². The fourth-order valence-corrected chi connectivity index (χ4v) is 5.61. The highest BCUT2D eigenvalue weighted by Crippen LogP contribution is 2.25. The van der Waals surface area contributed by atoms with Gasteiger partial charge < -0.3 is 14.6 Å². The van der Waals surface area contributed by atoms with Crippen LogP contribution >= 0.6 is 0 Å². The third-order valence-electron chi connectivity index (χ3n) is 7.88. The summed E-state index contributed by atoms with van der Waals surface area (Å²) >= 11 is 0. The fourth-order valence-electron chi connectivity index (χ4n) is 5.61. The van der Waals surface area contributed by atoms with Gasteiger partial charge in [-0.15, -0.1) is 0 Å². The van der Waals surface area contributed by atoms with Gasteiger partial charge in [0, 0.05) is 49.9 Å². The average Bonchev–Trinajstić information content (AvgIpc) is 3.25. The smallest absolute Gasteiger partial charge is 0.223 e. The van der Waals surface area contributed by atoms with E-state index in [1.807, 2.05) is 0 Å². The molecule has 3 aromatic rings. The number of aromatic nitrogens is 1. The van der Waals surface area contributed by atoms with Gasteiger partial charge in [0.15, 0.2) is 0 Å². The molecule has 6 heteroatoms. The molecule has 1 N–H and O–H groups in total. The van der Waals surface area contributed by atoms with Gasteiger partial charge in [0.25, 0.3) is 0 Å². The Morgan fingerprint density at radius 1 is 0.944 bits per heavy atom. The number of rotatable bonds is 9. The molecular formula is C30H40N4O2. The average molecular weight is 489 g/mol. The molecule has 2 aliphatic rings. The number of hydrogen-bond donors (Lipinski definition) is 1. The topological polar surface area (TPSA) is 49.7 Å². The van der Waals surface area contributed by atoms with Crippen molar-refractivity contribution >= 4 is 16.8 Å². The van der Waals surface area contributed by atoms with Crippen molar-refractivity contribution in [2.75, 3.05) is 52.5 Å². The fraction of sp³-hybridized carbons (Fsp3) is 0.500. The highest BCUT2D eigenvalue weighted by molar-refractivity contribution is 5.81. The van der Waals surface area contributed by atoms with Gasteiger partial charge in [0.1, 0.15) is 0 Å². The molecular weight excluding hydrogens is 448 g/mol. The number of amides is 1. The van der Waals surface area contributed by atoms with Gasteiger partial charge in [-0.25, -0.2) is 0 Å². The first-order valence-corrected chi connectivity index (χ1v) is 13.6. The summed E-state index contributed by atoms with van der Waals surface area (Å²) in [6.45, 7) is 11.4. The molecule has 0 saturated carbocycles. The summed E-state index contributed by atoms with van der Waals surface area (Å²) < 4.78 is 7.88. The number of ether oxygens (including phenoxy) is 1. The first-order valence-electron chi connectivity index (χ1n) is 13.6. The van der Waals surface area contributed by atoms with E-state index in [9.17, 15) is 4.79 Å². The standard InChI is InChI=1S/C30H40N4O2/c1-24-7-2-3-9-27(24)22-34-28(21-26-8-4-5-10-29(26)34)23-33-15-11-25(12-16-33)30(35)31-13-6-14-32-17-19-36-20-18-32/h2-5,7-10,21,25H,6,11-20,22-23H2,1H3,(H,31,35). The van der Waals surface area contributed by atoms with Gasteiger partial charge >= 0.3 is 0 Å². The number of para-hydroxylation sites is 1. The predicted octanol–water partition coefficient (Wildman–Crippen LogP) is 4.05. The Kier molecular flexibility index (Phi) is 8.36. The number of likely N-dealkylation sites (tertiary alicyclic amines) is 1. The lowest BCUT2D eigenvalue weighted by atomic mass is 9.95. The van der Waals surface area contributed by atoms with E-state index in [2.05, 4.69) is 81.2 Å². The lowest BCUT2D eigenvalue weighted by Gasteiger charge is -2.31. The summed E-state index contributed by atoms with van der Waals surface area (Å²) in [5, 5.41) is 4.49. The second kappa shape index (κ2) is 12.0. The number of benzene rings is 2. The summed E-state index contributed by atoms with van der Waals surface area (Å²) in [4.78, 5) is 17.7. The first-order chi connectivity index (χ1) is 17.7. The number of carbonyl (C=O) groups is 1. The van der Waals surface area contributed by atoms with Crippen LogP contribution in [0.2, 0.25) is 0 Å². The van der Waals surface area contributed by atoms with Crippen LogP contribution in [0.15, 0.2) is 54.6 Å².